The Morgan fingerprint density at radius 1 is 0.400 bits per heavy atom. The van der Waals surface area contributed by atoms with Crippen molar-refractivity contribution in [2.75, 3.05) is 0 Å². The van der Waals surface area contributed by atoms with E-state index in [9.17, 15) is 74.7 Å². The first-order valence-corrected chi connectivity index (χ1v) is 5.35. The van der Waals surface area contributed by atoms with Crippen LogP contribution < -0.4 is 168 Å². The molecule has 27 heteroatoms. The summed E-state index contributed by atoms with van der Waals surface area (Å²) in [4.78, 5) is 37.4. The molecule has 0 spiro atoms. The monoisotopic (exact) mass is 484 g/mol. The number of hydrogen-bond acceptors (Lipinski definition) is 11. The average molecular weight is 483 g/mol. The number of halogens is 8. The zero-order valence-corrected chi connectivity index (χ0v) is 19.1. The van der Waals surface area contributed by atoms with Crippen LogP contribution in [0.15, 0.2) is 0 Å². The van der Waals surface area contributed by atoms with Gasteiger partial charge in [-0.2, -0.15) is 35.1 Å². The first-order valence-electron chi connectivity index (χ1n) is 5.35. The van der Waals surface area contributed by atoms with Gasteiger partial charge in [-0.3, -0.25) is 7.32 Å². The predicted molar refractivity (Wildman–Crippen MR) is 45.6 cm³/mol. The van der Waals surface area contributed by atoms with Crippen LogP contribution in [0.3, 0.4) is 0 Å². The third kappa shape index (κ3) is 21.0. The molecule has 164 valence electrons. The number of carboxylic acid groups (broad SMARTS) is 4. The van der Waals surface area contributed by atoms with Crippen molar-refractivity contribution in [3.05, 3.63) is 0 Å². The Bertz CT molecular complexity index is 520. The second-order valence-corrected chi connectivity index (χ2v) is 3.74. The SMILES string of the molecule is O=C([O-])C(F)(F)C(F)(F)C(=O)[O-].O=C([O-])C(F)(F)C(F)(F)C(=O)[O-].[Li+].[Li+].[Li+].[Li+].[Li+].[Li+].[Li+].[O-]B([O-])[O-]. The van der Waals surface area contributed by atoms with Gasteiger partial charge >= 0.3 is 156 Å². The Morgan fingerprint density at radius 2 is 0.457 bits per heavy atom. The summed E-state index contributed by atoms with van der Waals surface area (Å²) in [7, 11) is -2.92. The Hall–Kier alpha value is 1.45. The van der Waals surface area contributed by atoms with Crippen LogP contribution in [0.25, 0.3) is 0 Å². The minimum absolute atomic E-state index is 0. The van der Waals surface area contributed by atoms with E-state index in [0.717, 1.165) is 0 Å². The number of alkyl halides is 8. The fourth-order valence-corrected chi connectivity index (χ4v) is 0.513. The molecule has 0 fully saturated rings. The summed E-state index contributed by atoms with van der Waals surface area (Å²) in [6, 6.07) is 0. The summed E-state index contributed by atoms with van der Waals surface area (Å²) in [5.41, 5.74) is 0. The molecule has 0 amide bonds. The van der Waals surface area contributed by atoms with Crippen molar-refractivity contribution in [3.8, 4) is 0 Å². The molecule has 0 atom stereocenters. The minimum Gasteiger partial charge on any atom is -0.907 e. The summed E-state index contributed by atoms with van der Waals surface area (Å²) in [6.45, 7) is 0. The second-order valence-electron chi connectivity index (χ2n) is 3.74. The molecule has 0 aliphatic carbocycles. The van der Waals surface area contributed by atoms with Crippen LogP contribution in [0.5, 0.6) is 0 Å². The molecule has 0 radical (unpaired) electrons. The van der Waals surface area contributed by atoms with Crippen LogP contribution in [0.2, 0.25) is 0 Å². The maximum atomic E-state index is 11.7. The van der Waals surface area contributed by atoms with Gasteiger partial charge in [-0.25, -0.2) is 0 Å². The van der Waals surface area contributed by atoms with Crippen molar-refractivity contribution in [2.24, 2.45) is 0 Å². The van der Waals surface area contributed by atoms with E-state index in [4.69, 9.17) is 15.1 Å². The number of carbonyl (C=O) groups is 4. The first kappa shape index (κ1) is 65.5. The van der Waals surface area contributed by atoms with Gasteiger partial charge in [-0.15, -0.1) is 0 Å². The number of hydrogen-bond donors (Lipinski definition) is 0. The van der Waals surface area contributed by atoms with Crippen molar-refractivity contribution >= 4 is 31.2 Å². The van der Waals surface area contributed by atoms with E-state index < -0.39 is 54.9 Å². The van der Waals surface area contributed by atoms with E-state index in [-0.39, 0.29) is 132 Å². The Morgan fingerprint density at radius 3 is 0.486 bits per heavy atom. The zero-order chi connectivity index (χ0) is 23.9. The van der Waals surface area contributed by atoms with Gasteiger partial charge in [0.15, 0.2) is 0 Å². The van der Waals surface area contributed by atoms with Crippen molar-refractivity contribution in [1.29, 1.82) is 0 Å². The van der Waals surface area contributed by atoms with E-state index in [0.29, 0.717) is 0 Å². The van der Waals surface area contributed by atoms with Crippen LogP contribution >= 0.6 is 0 Å². The van der Waals surface area contributed by atoms with Gasteiger partial charge < -0.3 is 54.7 Å². The number of carboxylic acids is 4. The molecule has 0 aliphatic rings. The number of rotatable bonds is 6. The molecule has 0 rings (SSSR count). The molecule has 0 unspecified atom stereocenters. The minimum atomic E-state index is -5.77. The molecule has 0 saturated heterocycles. The topological polar surface area (TPSA) is 230 Å². The fraction of sp³-hybridized carbons (Fsp3) is 0.500. The van der Waals surface area contributed by atoms with Crippen LogP contribution in [0.4, 0.5) is 35.1 Å². The third-order valence-corrected chi connectivity index (χ3v) is 1.81. The molecule has 0 bridgehead atoms. The predicted octanol–water partition coefficient (Wildman–Crippen LogP) is -29.4. The van der Waals surface area contributed by atoms with Gasteiger partial charge in [0.05, 0.1) is 0 Å². The van der Waals surface area contributed by atoms with E-state index >= 15 is 0 Å². The quantitative estimate of drug-likeness (QED) is 0.254. The van der Waals surface area contributed by atoms with Gasteiger partial charge in [0, 0.05) is 0 Å². The molecule has 0 aromatic rings. The van der Waals surface area contributed by atoms with Crippen LogP contribution in [-0.2, 0) is 19.2 Å². The molecule has 0 aromatic carbocycles. The van der Waals surface area contributed by atoms with Gasteiger partial charge in [0.2, 0.25) is 0 Å². The molecule has 35 heavy (non-hydrogen) atoms. The van der Waals surface area contributed by atoms with Crippen molar-refractivity contribution in [1.82, 2.24) is 0 Å². The van der Waals surface area contributed by atoms with Crippen LogP contribution in [-0.4, -0.2) is 54.9 Å². The average Bonchev–Trinajstić information content (AvgIpc) is 2.45. The van der Waals surface area contributed by atoms with Crippen molar-refractivity contribution < 1.29 is 222 Å². The zero-order valence-electron chi connectivity index (χ0n) is 19.1. The fourth-order valence-electron chi connectivity index (χ4n) is 0.513. The van der Waals surface area contributed by atoms with E-state index in [1.807, 2.05) is 0 Å². The normalized spacial score (nSPS) is 9.46. The second kappa shape index (κ2) is 25.7. The van der Waals surface area contributed by atoms with Crippen molar-refractivity contribution in [3.63, 3.8) is 0 Å². The number of carbonyl (C=O) groups excluding carboxylic acids is 4. The van der Waals surface area contributed by atoms with E-state index in [1.54, 1.807) is 0 Å². The molecule has 11 nitrogen and oxygen atoms in total. The van der Waals surface area contributed by atoms with Gasteiger partial charge in [-0.1, -0.05) is 0 Å². The molecule has 0 aliphatic heterocycles. The smallest absolute Gasteiger partial charge is 0.907 e. The molecule has 0 saturated carbocycles. The first-order chi connectivity index (χ1) is 12.0. The van der Waals surface area contributed by atoms with Crippen molar-refractivity contribution in [2.45, 2.75) is 23.7 Å². The van der Waals surface area contributed by atoms with Gasteiger partial charge in [-0.05, 0) is 0 Å². The number of aliphatic carboxylic acids is 4. The summed E-state index contributed by atoms with van der Waals surface area (Å²) >= 11 is 0. The summed E-state index contributed by atoms with van der Waals surface area (Å²) in [5, 5.41) is 62.6. The Kier molecular flexibility index (Phi) is 48.1. The molecular formula is C8BF8Li7O11. The molecule has 0 aromatic heterocycles. The van der Waals surface area contributed by atoms with Gasteiger partial charge in [0.1, 0.15) is 23.9 Å². The molecule has 0 N–H and O–H groups in total. The summed E-state index contributed by atoms with van der Waals surface area (Å²) in [6.07, 6.45) is 0. The van der Waals surface area contributed by atoms with E-state index in [1.165, 1.54) is 0 Å². The molecular weight excluding hydrogens is 483 g/mol. The Labute approximate surface area is 274 Å². The molecule has 0 heterocycles. The maximum absolute atomic E-state index is 11.7. The third-order valence-electron chi connectivity index (χ3n) is 1.81. The van der Waals surface area contributed by atoms with E-state index in [2.05, 4.69) is 0 Å². The maximum Gasteiger partial charge on any atom is 1.00 e. The summed E-state index contributed by atoms with van der Waals surface area (Å²) < 4.78 is 93.9. The standard InChI is InChI=1S/2C4H2F4O4.BO3.7Li/c2*5-3(6,1(9)10)4(7,8)2(11)12;2-1(3)4;;;;;;;/h2*(H,9,10)(H,11,12);;;;;;;;/q;;-3;7*+1/p-4. The van der Waals surface area contributed by atoms with Crippen LogP contribution in [0.1, 0.15) is 0 Å². The summed E-state index contributed by atoms with van der Waals surface area (Å²) in [5.74, 6) is -37.0. The largest absolute Gasteiger partial charge is 1.00 e. The van der Waals surface area contributed by atoms with Gasteiger partial charge in [0.25, 0.3) is 0 Å². The van der Waals surface area contributed by atoms with Crippen LogP contribution in [0, 0.1) is 0 Å². The Balaban J connectivity index is -0.0000000329.